The van der Waals surface area contributed by atoms with Gasteiger partial charge in [0.15, 0.2) is 5.58 Å². The van der Waals surface area contributed by atoms with E-state index in [9.17, 15) is 0 Å². The molecule has 4 aromatic heterocycles. The quantitative estimate of drug-likeness (QED) is 0.141. The smallest absolute Gasteiger partial charge is 0.252 e. The molecule has 9 heteroatoms. The third-order valence-corrected chi connectivity index (χ3v) is 21.0. The Hall–Kier alpha value is -11.3. The fourth-order valence-corrected chi connectivity index (χ4v) is 16.4. The maximum atomic E-state index is 7.02. The van der Waals surface area contributed by atoms with E-state index >= 15 is 0 Å². The van der Waals surface area contributed by atoms with Crippen molar-refractivity contribution in [2.75, 3.05) is 19.6 Å². The SMILES string of the molecule is CC(C)(C)c1ccc(N2c3cc(N(c4ccc5oc6ccccc6c5c4)c4cccc5c4oc4ccccc45)ccc3B3c4cc5c(cc4N(c4ccc(C(C)(C)C)cc4)c4cc(N(c6ccccc6)c6ccc7c(c6)oc6ccccc67)cc2c43)sc2ccccc25)cc1. The minimum Gasteiger partial charge on any atom is -0.456 e. The third-order valence-electron chi connectivity index (χ3n) is 19.9. The zero-order chi connectivity index (χ0) is 63.6. The van der Waals surface area contributed by atoms with Crippen LogP contribution in [-0.4, -0.2) is 6.71 Å². The Labute approximate surface area is 554 Å². The van der Waals surface area contributed by atoms with Crippen LogP contribution in [0.4, 0.5) is 68.2 Å². The summed E-state index contributed by atoms with van der Waals surface area (Å²) in [5.41, 5.74) is 23.5. The molecule has 7 nitrogen and oxygen atoms in total. The molecule has 13 aromatic carbocycles. The number of furan rings is 3. The monoisotopic (exact) mass is 1240 g/mol. The number of hydrogen-bond acceptors (Lipinski definition) is 8. The summed E-state index contributed by atoms with van der Waals surface area (Å²) in [7, 11) is 0. The molecule has 0 fully saturated rings. The Kier molecular flexibility index (Phi) is 12.0. The van der Waals surface area contributed by atoms with Gasteiger partial charge in [0.2, 0.25) is 0 Å². The molecule has 0 saturated carbocycles. The molecule has 454 valence electrons. The number of benzene rings is 13. The number of nitrogens with zero attached hydrogens (tertiary/aromatic N) is 4. The first-order valence-corrected chi connectivity index (χ1v) is 33.6. The van der Waals surface area contributed by atoms with E-state index in [0.717, 1.165) is 134 Å². The molecule has 0 radical (unpaired) electrons. The lowest BCUT2D eigenvalue weighted by atomic mass is 9.33. The average molecular weight is 1240 g/mol. The van der Waals surface area contributed by atoms with Crippen LogP contribution < -0.4 is 36.0 Å². The Bertz CT molecular complexity index is 5990. The van der Waals surface area contributed by atoms with Crippen LogP contribution in [0.15, 0.2) is 286 Å². The van der Waals surface area contributed by atoms with Crippen LogP contribution in [0.2, 0.25) is 0 Å². The number of rotatable bonds is 8. The van der Waals surface area contributed by atoms with Crippen LogP contribution in [-0.2, 0) is 10.8 Å². The third kappa shape index (κ3) is 8.65. The molecular formula is C86H63BN4O3S. The van der Waals surface area contributed by atoms with Crippen molar-refractivity contribution in [2.24, 2.45) is 0 Å². The maximum absolute atomic E-state index is 7.02. The number of fused-ring (bicyclic) bond motifs is 16. The highest BCUT2D eigenvalue weighted by Crippen LogP contribution is 2.52. The Morgan fingerprint density at radius 2 is 0.821 bits per heavy atom. The second-order valence-electron chi connectivity index (χ2n) is 27.7. The van der Waals surface area contributed by atoms with Crippen molar-refractivity contribution >= 4 is 189 Å². The van der Waals surface area contributed by atoms with Gasteiger partial charge < -0.3 is 32.9 Å². The van der Waals surface area contributed by atoms with Gasteiger partial charge in [0.25, 0.3) is 6.71 Å². The molecule has 2 aliphatic rings. The van der Waals surface area contributed by atoms with Crippen LogP contribution in [0.3, 0.4) is 0 Å². The van der Waals surface area contributed by atoms with Gasteiger partial charge in [-0.25, -0.2) is 0 Å². The molecule has 2 aliphatic heterocycles. The Balaban J connectivity index is 0.931. The normalized spacial score (nSPS) is 13.1. The summed E-state index contributed by atoms with van der Waals surface area (Å²) < 4.78 is 22.8. The predicted molar refractivity (Wildman–Crippen MR) is 402 cm³/mol. The van der Waals surface area contributed by atoms with Gasteiger partial charge in [-0.3, -0.25) is 0 Å². The lowest BCUT2D eigenvalue weighted by molar-refractivity contribution is 0.590. The second-order valence-corrected chi connectivity index (χ2v) is 28.7. The summed E-state index contributed by atoms with van der Waals surface area (Å²) in [6, 6.07) is 101. The van der Waals surface area contributed by atoms with Gasteiger partial charge in [0, 0.05) is 110 Å². The van der Waals surface area contributed by atoms with Gasteiger partial charge in [-0.1, -0.05) is 181 Å². The molecule has 0 aliphatic carbocycles. The molecule has 0 bridgehead atoms. The Morgan fingerprint density at radius 3 is 1.49 bits per heavy atom. The topological polar surface area (TPSA) is 52.4 Å². The van der Waals surface area contributed by atoms with Gasteiger partial charge in [0.05, 0.1) is 11.4 Å². The Morgan fingerprint density at radius 1 is 0.316 bits per heavy atom. The molecule has 6 heterocycles. The first-order valence-electron chi connectivity index (χ1n) is 32.8. The van der Waals surface area contributed by atoms with Crippen LogP contribution >= 0.6 is 11.3 Å². The minimum atomic E-state index is -0.218. The fraction of sp³-hybridized carbons (Fsp3) is 0.0930. The van der Waals surface area contributed by atoms with Crippen molar-refractivity contribution < 1.29 is 13.3 Å². The van der Waals surface area contributed by atoms with Crippen molar-refractivity contribution in [1.82, 2.24) is 0 Å². The average Bonchev–Trinajstić information content (AvgIpc) is 0.937. The number of para-hydroxylation sites is 5. The number of anilines is 12. The predicted octanol–water partition coefficient (Wildman–Crippen LogP) is 23.4. The molecule has 0 N–H and O–H groups in total. The van der Waals surface area contributed by atoms with E-state index in [-0.39, 0.29) is 17.5 Å². The fourth-order valence-electron chi connectivity index (χ4n) is 15.3. The summed E-state index contributed by atoms with van der Waals surface area (Å²) in [5.74, 6) is 0. The summed E-state index contributed by atoms with van der Waals surface area (Å²) in [6.45, 7) is 13.6. The molecule has 0 saturated heterocycles. The highest BCUT2D eigenvalue weighted by Gasteiger charge is 2.45. The van der Waals surface area contributed by atoms with Gasteiger partial charge >= 0.3 is 0 Å². The number of hydrogen-bond donors (Lipinski definition) is 0. The van der Waals surface area contributed by atoms with Crippen molar-refractivity contribution in [1.29, 1.82) is 0 Å². The highest BCUT2D eigenvalue weighted by atomic mass is 32.1. The molecule has 0 unspecified atom stereocenters. The first-order chi connectivity index (χ1) is 46.3. The van der Waals surface area contributed by atoms with E-state index in [2.05, 4.69) is 322 Å². The van der Waals surface area contributed by atoms with Crippen LogP contribution in [0.25, 0.3) is 86.0 Å². The van der Waals surface area contributed by atoms with E-state index in [4.69, 9.17) is 13.3 Å². The van der Waals surface area contributed by atoms with E-state index < -0.39 is 0 Å². The summed E-state index contributed by atoms with van der Waals surface area (Å²) in [4.78, 5) is 9.95. The molecule has 0 spiro atoms. The maximum Gasteiger partial charge on any atom is 0.252 e. The van der Waals surface area contributed by atoms with Crippen LogP contribution in [0.5, 0.6) is 0 Å². The van der Waals surface area contributed by atoms with Gasteiger partial charge in [0.1, 0.15) is 27.9 Å². The van der Waals surface area contributed by atoms with Crippen molar-refractivity contribution in [3.63, 3.8) is 0 Å². The van der Waals surface area contributed by atoms with E-state index in [1.807, 2.05) is 23.5 Å². The van der Waals surface area contributed by atoms with Crippen molar-refractivity contribution in [2.45, 2.75) is 52.4 Å². The molecular weight excluding hydrogens is 1180 g/mol. The summed E-state index contributed by atoms with van der Waals surface area (Å²) in [5, 5.41) is 8.93. The summed E-state index contributed by atoms with van der Waals surface area (Å²) in [6.07, 6.45) is 0. The lowest BCUT2D eigenvalue weighted by Gasteiger charge is -2.45. The van der Waals surface area contributed by atoms with Gasteiger partial charge in [-0.15, -0.1) is 11.3 Å². The van der Waals surface area contributed by atoms with Gasteiger partial charge in [-0.05, 0) is 171 Å². The largest absolute Gasteiger partial charge is 0.456 e. The second kappa shape index (κ2) is 20.6. The zero-order valence-electron chi connectivity index (χ0n) is 53.5. The van der Waals surface area contributed by atoms with Crippen LogP contribution in [0, 0.1) is 0 Å². The molecule has 0 amide bonds. The molecule has 0 atom stereocenters. The van der Waals surface area contributed by atoms with Gasteiger partial charge in [-0.2, -0.15) is 0 Å². The van der Waals surface area contributed by atoms with Crippen LogP contribution in [0.1, 0.15) is 52.7 Å². The molecule has 95 heavy (non-hydrogen) atoms. The van der Waals surface area contributed by atoms with E-state index in [0.29, 0.717) is 0 Å². The number of thiophene rings is 1. The van der Waals surface area contributed by atoms with E-state index in [1.165, 1.54) is 47.7 Å². The lowest BCUT2D eigenvalue weighted by Crippen LogP contribution is -2.61. The first kappa shape index (κ1) is 55.4. The summed E-state index contributed by atoms with van der Waals surface area (Å²) >= 11 is 1.87. The van der Waals surface area contributed by atoms with Crippen molar-refractivity contribution in [3.05, 3.63) is 284 Å². The zero-order valence-corrected chi connectivity index (χ0v) is 54.3. The highest BCUT2D eigenvalue weighted by molar-refractivity contribution is 7.26. The standard InChI is InChI=1S/C86H63BN4O3S/c1-85(2,3)52-31-35-55(36-32-52)90-72-46-58(89(57-41-44-79-67(45-57)63-23-12-15-28-77(63)92-79)71-26-18-25-66-62-22-11-16-29-78(62)94-84(66)71)40-43-69(72)87-70-50-68-65-24-13-17-30-81(65)95-82(68)51-73(70)91(56-37-33-53(34-38-56)86(4,5)6)75-48-60(47-74(90)83(75)87)88(54-19-8-7-9-20-54)59-39-42-64-61-21-10-14-27-76(61)93-80(64)49-59/h7-51H,1-6H3. The minimum absolute atomic E-state index is 0.0526. The van der Waals surface area contributed by atoms with E-state index in [1.54, 1.807) is 0 Å². The van der Waals surface area contributed by atoms with Crippen molar-refractivity contribution in [3.8, 4) is 0 Å². The molecule has 17 aromatic rings. The molecule has 19 rings (SSSR count).